The maximum Gasteiger partial charge on any atom is 0.287 e. The molecule has 146 valence electrons. The minimum atomic E-state index is -0.708. The van der Waals surface area contributed by atoms with Crippen molar-refractivity contribution in [3.63, 3.8) is 0 Å². The van der Waals surface area contributed by atoms with E-state index in [0.717, 1.165) is 17.9 Å². The quantitative estimate of drug-likeness (QED) is 0.655. The van der Waals surface area contributed by atoms with Gasteiger partial charge in [-0.2, -0.15) is 0 Å². The van der Waals surface area contributed by atoms with Crippen molar-refractivity contribution in [2.45, 2.75) is 33.4 Å². The number of hydrogen-bond acceptors (Lipinski definition) is 5. The van der Waals surface area contributed by atoms with E-state index in [1.165, 1.54) is 6.26 Å². The summed E-state index contributed by atoms with van der Waals surface area (Å²) in [6, 6.07) is 9.84. The smallest absolute Gasteiger partial charge is 0.287 e. The SMILES string of the molecule is CCn1cnnc1-c1cccc(NC(=O)C(NC(=O)c2ccco2)C(C)C)c1. The molecule has 2 heterocycles. The third kappa shape index (κ3) is 4.28. The zero-order chi connectivity index (χ0) is 20.1. The second-order valence-electron chi connectivity index (χ2n) is 6.68. The number of furan rings is 1. The van der Waals surface area contributed by atoms with Gasteiger partial charge < -0.3 is 19.6 Å². The molecule has 0 spiro atoms. The number of benzene rings is 1. The van der Waals surface area contributed by atoms with Crippen LogP contribution in [0, 0.1) is 5.92 Å². The lowest BCUT2D eigenvalue weighted by atomic mass is 10.0. The first-order valence-corrected chi connectivity index (χ1v) is 9.13. The van der Waals surface area contributed by atoms with Crippen molar-refractivity contribution in [1.82, 2.24) is 20.1 Å². The molecule has 0 aliphatic heterocycles. The molecule has 0 fully saturated rings. The van der Waals surface area contributed by atoms with Crippen LogP contribution in [0.4, 0.5) is 5.69 Å². The Hall–Kier alpha value is -3.42. The highest BCUT2D eigenvalue weighted by Gasteiger charge is 2.25. The highest BCUT2D eigenvalue weighted by molar-refractivity contribution is 6.00. The zero-order valence-corrected chi connectivity index (χ0v) is 16.0. The predicted octanol–water partition coefficient (Wildman–Crippen LogP) is 2.95. The third-order valence-electron chi connectivity index (χ3n) is 4.33. The van der Waals surface area contributed by atoms with Crippen molar-refractivity contribution >= 4 is 17.5 Å². The zero-order valence-electron chi connectivity index (χ0n) is 16.0. The van der Waals surface area contributed by atoms with Gasteiger partial charge in [-0.3, -0.25) is 9.59 Å². The second-order valence-corrected chi connectivity index (χ2v) is 6.68. The molecule has 2 amide bonds. The summed E-state index contributed by atoms with van der Waals surface area (Å²) >= 11 is 0. The topological polar surface area (TPSA) is 102 Å². The molecule has 8 heteroatoms. The second kappa shape index (κ2) is 8.51. The summed E-state index contributed by atoms with van der Waals surface area (Å²) in [6.07, 6.45) is 3.08. The monoisotopic (exact) mass is 381 g/mol. The van der Waals surface area contributed by atoms with Crippen LogP contribution >= 0.6 is 0 Å². The van der Waals surface area contributed by atoms with E-state index in [4.69, 9.17) is 4.42 Å². The van der Waals surface area contributed by atoms with Crippen LogP contribution in [0.2, 0.25) is 0 Å². The number of anilines is 1. The van der Waals surface area contributed by atoms with Crippen molar-refractivity contribution in [2.24, 2.45) is 5.92 Å². The first-order chi connectivity index (χ1) is 13.5. The summed E-state index contributed by atoms with van der Waals surface area (Å²) in [5.74, 6) is 0.0578. The number of aromatic nitrogens is 3. The van der Waals surface area contributed by atoms with Crippen LogP contribution in [0.15, 0.2) is 53.4 Å². The first kappa shape index (κ1) is 19.3. The molecule has 2 N–H and O–H groups in total. The molecule has 8 nitrogen and oxygen atoms in total. The maximum atomic E-state index is 12.8. The average molecular weight is 381 g/mol. The fourth-order valence-electron chi connectivity index (χ4n) is 2.82. The van der Waals surface area contributed by atoms with Gasteiger partial charge in [-0.15, -0.1) is 10.2 Å². The Morgan fingerprint density at radius 1 is 1.21 bits per heavy atom. The van der Waals surface area contributed by atoms with Crippen LogP contribution in [-0.2, 0) is 11.3 Å². The standard InChI is InChI=1S/C20H23N5O3/c1-4-25-12-21-24-18(25)14-7-5-8-15(11-14)22-20(27)17(13(2)3)23-19(26)16-9-6-10-28-16/h5-13,17H,4H2,1-3H3,(H,22,27)(H,23,26). The average Bonchev–Trinajstić information content (AvgIpc) is 3.37. The fraction of sp³-hybridized carbons (Fsp3) is 0.300. The highest BCUT2D eigenvalue weighted by Crippen LogP contribution is 2.21. The van der Waals surface area contributed by atoms with Crippen LogP contribution in [0.25, 0.3) is 11.4 Å². The maximum absolute atomic E-state index is 12.8. The van der Waals surface area contributed by atoms with Gasteiger partial charge in [-0.25, -0.2) is 0 Å². The Balaban J connectivity index is 1.75. The molecule has 1 aromatic carbocycles. The third-order valence-corrected chi connectivity index (χ3v) is 4.33. The van der Waals surface area contributed by atoms with Gasteiger partial charge in [0.15, 0.2) is 11.6 Å². The molecular weight excluding hydrogens is 358 g/mol. The van der Waals surface area contributed by atoms with Crippen LogP contribution in [0.1, 0.15) is 31.3 Å². The van der Waals surface area contributed by atoms with E-state index in [9.17, 15) is 9.59 Å². The molecule has 0 saturated carbocycles. The molecule has 0 radical (unpaired) electrons. The molecular formula is C20H23N5O3. The summed E-state index contributed by atoms with van der Waals surface area (Å²) in [5.41, 5.74) is 1.46. The molecule has 0 bridgehead atoms. The molecule has 28 heavy (non-hydrogen) atoms. The lowest BCUT2D eigenvalue weighted by Crippen LogP contribution is -2.47. The van der Waals surface area contributed by atoms with Crippen LogP contribution in [0.5, 0.6) is 0 Å². The van der Waals surface area contributed by atoms with Gasteiger partial charge in [-0.1, -0.05) is 26.0 Å². The summed E-state index contributed by atoms with van der Waals surface area (Å²) < 4.78 is 7.01. The lowest BCUT2D eigenvalue weighted by molar-refractivity contribution is -0.118. The van der Waals surface area contributed by atoms with Gasteiger partial charge in [0.05, 0.1) is 6.26 Å². The number of nitrogens with zero attached hydrogens (tertiary/aromatic N) is 3. The van der Waals surface area contributed by atoms with E-state index in [0.29, 0.717) is 5.69 Å². The van der Waals surface area contributed by atoms with Crippen molar-refractivity contribution in [3.8, 4) is 11.4 Å². The molecule has 3 rings (SSSR count). The highest BCUT2D eigenvalue weighted by atomic mass is 16.3. The van der Waals surface area contributed by atoms with Crippen LogP contribution in [-0.4, -0.2) is 32.6 Å². The Kier molecular flexibility index (Phi) is 5.88. The van der Waals surface area contributed by atoms with Crippen LogP contribution in [0.3, 0.4) is 0 Å². The van der Waals surface area contributed by atoms with Gasteiger partial charge in [0, 0.05) is 17.8 Å². The Labute approximate surface area is 163 Å². The number of hydrogen-bond donors (Lipinski definition) is 2. The van der Waals surface area contributed by atoms with Gasteiger partial charge in [0.25, 0.3) is 5.91 Å². The van der Waals surface area contributed by atoms with E-state index in [1.807, 2.05) is 43.5 Å². The molecule has 0 saturated heterocycles. The van der Waals surface area contributed by atoms with Crippen LogP contribution < -0.4 is 10.6 Å². The molecule has 0 aliphatic carbocycles. The molecule has 0 aliphatic rings. The van der Waals surface area contributed by atoms with Crippen molar-refractivity contribution in [1.29, 1.82) is 0 Å². The number of carbonyl (C=O) groups is 2. The number of aryl methyl sites for hydroxylation is 1. The van der Waals surface area contributed by atoms with E-state index >= 15 is 0 Å². The van der Waals surface area contributed by atoms with Crippen molar-refractivity contribution < 1.29 is 14.0 Å². The van der Waals surface area contributed by atoms with E-state index in [1.54, 1.807) is 24.5 Å². The Morgan fingerprint density at radius 2 is 2.04 bits per heavy atom. The lowest BCUT2D eigenvalue weighted by Gasteiger charge is -2.21. The van der Waals surface area contributed by atoms with Gasteiger partial charge in [-0.05, 0) is 37.1 Å². The van der Waals surface area contributed by atoms with Gasteiger partial charge in [0.2, 0.25) is 5.91 Å². The summed E-state index contributed by atoms with van der Waals surface area (Å²) in [7, 11) is 0. The molecule has 1 atom stereocenters. The Bertz CT molecular complexity index is 946. The molecule has 3 aromatic rings. The summed E-state index contributed by atoms with van der Waals surface area (Å²) in [6.45, 7) is 6.49. The number of rotatable bonds is 7. The molecule has 1 unspecified atom stereocenters. The molecule has 2 aromatic heterocycles. The van der Waals surface area contributed by atoms with E-state index in [-0.39, 0.29) is 17.6 Å². The number of carbonyl (C=O) groups excluding carboxylic acids is 2. The minimum Gasteiger partial charge on any atom is -0.459 e. The first-order valence-electron chi connectivity index (χ1n) is 9.13. The normalized spacial score (nSPS) is 12.0. The number of nitrogens with one attached hydrogen (secondary N) is 2. The summed E-state index contributed by atoms with van der Waals surface area (Å²) in [4.78, 5) is 25.0. The Morgan fingerprint density at radius 3 is 2.71 bits per heavy atom. The number of amides is 2. The summed E-state index contributed by atoms with van der Waals surface area (Å²) in [5, 5.41) is 13.7. The predicted molar refractivity (Wildman–Crippen MR) is 105 cm³/mol. The van der Waals surface area contributed by atoms with E-state index in [2.05, 4.69) is 20.8 Å². The van der Waals surface area contributed by atoms with E-state index < -0.39 is 11.9 Å². The van der Waals surface area contributed by atoms with Gasteiger partial charge >= 0.3 is 0 Å². The minimum absolute atomic E-state index is 0.106. The van der Waals surface area contributed by atoms with Gasteiger partial charge in [0.1, 0.15) is 12.4 Å². The largest absolute Gasteiger partial charge is 0.459 e. The van der Waals surface area contributed by atoms with Crippen molar-refractivity contribution in [3.05, 3.63) is 54.7 Å². The fourth-order valence-corrected chi connectivity index (χ4v) is 2.82. The van der Waals surface area contributed by atoms with Crippen molar-refractivity contribution in [2.75, 3.05) is 5.32 Å².